The van der Waals surface area contributed by atoms with Crippen molar-refractivity contribution in [3.05, 3.63) is 46.0 Å². The number of hydrogen-bond donors (Lipinski definition) is 0. The zero-order valence-electron chi connectivity index (χ0n) is 14.9. The predicted octanol–water partition coefficient (Wildman–Crippen LogP) is 2.42. The van der Waals surface area contributed by atoms with Gasteiger partial charge in [0.15, 0.2) is 5.82 Å². The summed E-state index contributed by atoms with van der Waals surface area (Å²) in [4.78, 5) is 30.9. The Morgan fingerprint density at radius 1 is 1.40 bits per heavy atom. The van der Waals surface area contributed by atoms with E-state index >= 15 is 0 Å². The smallest absolute Gasteiger partial charge is 0.250 e. The lowest BCUT2D eigenvalue weighted by atomic mass is 10.2. The molecule has 0 bridgehead atoms. The summed E-state index contributed by atoms with van der Waals surface area (Å²) < 4.78 is 7.01. The van der Waals surface area contributed by atoms with Gasteiger partial charge in [0.25, 0.3) is 5.56 Å². The van der Waals surface area contributed by atoms with E-state index in [4.69, 9.17) is 4.52 Å². The molecule has 1 amide bonds. The van der Waals surface area contributed by atoms with Crippen molar-refractivity contribution in [3.63, 3.8) is 0 Å². The largest absolute Gasteiger partial charge is 0.337 e. The van der Waals surface area contributed by atoms with E-state index in [0.717, 1.165) is 18.5 Å². The first kappa shape index (κ1) is 17.4. The number of nitrogens with zero attached hydrogens (tertiary/aromatic N) is 4. The van der Waals surface area contributed by atoms with Crippen LogP contribution in [0.1, 0.15) is 62.5 Å². The number of carbonyl (C=O) groups excluding carboxylic acids is 1. The Morgan fingerprint density at radius 3 is 2.88 bits per heavy atom. The minimum Gasteiger partial charge on any atom is -0.337 e. The van der Waals surface area contributed by atoms with E-state index in [-0.39, 0.29) is 29.8 Å². The Hall–Kier alpha value is -2.44. The summed E-state index contributed by atoms with van der Waals surface area (Å²) in [5.41, 5.74) is 0.779. The van der Waals surface area contributed by atoms with Crippen molar-refractivity contribution in [2.75, 3.05) is 6.54 Å². The average Bonchev–Trinajstić information content (AvgIpc) is 3.23. The van der Waals surface area contributed by atoms with Crippen molar-refractivity contribution in [1.82, 2.24) is 19.6 Å². The number of amides is 1. The van der Waals surface area contributed by atoms with Crippen LogP contribution in [0.3, 0.4) is 0 Å². The van der Waals surface area contributed by atoms with Crippen molar-refractivity contribution in [1.29, 1.82) is 0 Å². The second-order valence-electron chi connectivity index (χ2n) is 6.80. The van der Waals surface area contributed by atoms with Gasteiger partial charge in [-0.2, -0.15) is 4.98 Å². The summed E-state index contributed by atoms with van der Waals surface area (Å²) in [6, 6.07) is 4.97. The van der Waals surface area contributed by atoms with Crippen LogP contribution in [0.25, 0.3) is 0 Å². The van der Waals surface area contributed by atoms with Gasteiger partial charge in [0.1, 0.15) is 6.04 Å². The molecule has 0 unspecified atom stereocenters. The Kier molecular flexibility index (Phi) is 5.01. The molecule has 3 heterocycles. The standard InChI is InChI=1S/C18H24N4O3/c1-12(2)17-19-18(25-20-17)14-7-5-10-22(14)16(24)9-11-21-13(3)6-4-8-15(21)23/h4,6,8,12,14H,5,7,9-11H2,1-3H3/t14-/m0/s1. The van der Waals surface area contributed by atoms with Crippen LogP contribution in [0.15, 0.2) is 27.5 Å². The molecule has 0 spiro atoms. The van der Waals surface area contributed by atoms with E-state index in [1.54, 1.807) is 15.5 Å². The molecule has 25 heavy (non-hydrogen) atoms. The molecule has 1 saturated heterocycles. The maximum atomic E-state index is 12.7. The van der Waals surface area contributed by atoms with Gasteiger partial charge in [-0.25, -0.2) is 0 Å². The topological polar surface area (TPSA) is 81.2 Å². The third-order valence-electron chi connectivity index (χ3n) is 4.65. The maximum Gasteiger partial charge on any atom is 0.250 e. The molecule has 0 N–H and O–H groups in total. The van der Waals surface area contributed by atoms with Gasteiger partial charge in [0, 0.05) is 37.2 Å². The molecule has 0 radical (unpaired) electrons. The summed E-state index contributed by atoms with van der Waals surface area (Å²) in [6.07, 6.45) is 2.03. The quantitative estimate of drug-likeness (QED) is 0.832. The molecule has 134 valence electrons. The van der Waals surface area contributed by atoms with Crippen molar-refractivity contribution in [3.8, 4) is 0 Å². The van der Waals surface area contributed by atoms with Crippen LogP contribution in [0.5, 0.6) is 0 Å². The summed E-state index contributed by atoms with van der Waals surface area (Å²) in [7, 11) is 0. The Labute approximate surface area is 146 Å². The van der Waals surface area contributed by atoms with Gasteiger partial charge < -0.3 is 14.0 Å². The number of pyridine rings is 1. The highest BCUT2D eigenvalue weighted by atomic mass is 16.5. The SMILES string of the molecule is Cc1cccc(=O)n1CCC(=O)N1CCC[C@H]1c1nc(C(C)C)no1. The number of likely N-dealkylation sites (tertiary alicyclic amines) is 1. The fourth-order valence-corrected chi connectivity index (χ4v) is 3.20. The zero-order valence-corrected chi connectivity index (χ0v) is 14.9. The van der Waals surface area contributed by atoms with Crippen molar-refractivity contribution >= 4 is 5.91 Å². The van der Waals surface area contributed by atoms with E-state index in [1.165, 1.54) is 6.07 Å². The van der Waals surface area contributed by atoms with E-state index in [0.29, 0.717) is 24.8 Å². The monoisotopic (exact) mass is 344 g/mol. The molecule has 1 aliphatic heterocycles. The number of aryl methyl sites for hydroxylation is 1. The fraction of sp³-hybridized carbons (Fsp3) is 0.556. The van der Waals surface area contributed by atoms with Gasteiger partial charge in [-0.05, 0) is 25.8 Å². The van der Waals surface area contributed by atoms with Crippen molar-refractivity contribution in [2.24, 2.45) is 0 Å². The predicted molar refractivity (Wildman–Crippen MR) is 92.1 cm³/mol. The Morgan fingerprint density at radius 2 is 2.20 bits per heavy atom. The average molecular weight is 344 g/mol. The van der Waals surface area contributed by atoms with E-state index < -0.39 is 0 Å². The highest BCUT2D eigenvalue weighted by Gasteiger charge is 2.33. The first-order chi connectivity index (χ1) is 12.0. The number of carbonyl (C=O) groups is 1. The zero-order chi connectivity index (χ0) is 18.0. The molecule has 7 heteroatoms. The molecule has 2 aromatic rings. The molecule has 0 saturated carbocycles. The normalized spacial score (nSPS) is 17.4. The van der Waals surface area contributed by atoms with E-state index in [1.807, 2.05) is 26.8 Å². The summed E-state index contributed by atoms with van der Waals surface area (Å²) >= 11 is 0. The molecule has 1 fully saturated rings. The molecule has 3 rings (SSSR count). The van der Waals surface area contributed by atoms with Crippen LogP contribution in [-0.4, -0.2) is 32.1 Å². The van der Waals surface area contributed by atoms with Gasteiger partial charge in [-0.3, -0.25) is 9.59 Å². The third-order valence-corrected chi connectivity index (χ3v) is 4.65. The third kappa shape index (κ3) is 3.65. The van der Waals surface area contributed by atoms with Gasteiger partial charge in [-0.1, -0.05) is 25.1 Å². The summed E-state index contributed by atoms with van der Waals surface area (Å²) in [6.45, 7) is 6.95. The molecule has 1 aliphatic rings. The molecular weight excluding hydrogens is 320 g/mol. The second-order valence-corrected chi connectivity index (χ2v) is 6.80. The summed E-state index contributed by atoms with van der Waals surface area (Å²) in [5, 5.41) is 4.00. The highest BCUT2D eigenvalue weighted by molar-refractivity contribution is 5.76. The van der Waals surface area contributed by atoms with Gasteiger partial charge in [0.2, 0.25) is 11.8 Å². The molecule has 0 aromatic carbocycles. The number of aromatic nitrogens is 3. The lowest BCUT2D eigenvalue weighted by molar-refractivity contribution is -0.132. The van der Waals surface area contributed by atoms with Gasteiger partial charge in [-0.15, -0.1) is 0 Å². The van der Waals surface area contributed by atoms with Gasteiger partial charge >= 0.3 is 0 Å². The lowest BCUT2D eigenvalue weighted by Crippen LogP contribution is -2.32. The molecule has 1 atom stereocenters. The highest BCUT2D eigenvalue weighted by Crippen LogP contribution is 2.32. The minimum atomic E-state index is -0.152. The van der Waals surface area contributed by atoms with Crippen LogP contribution in [0.2, 0.25) is 0 Å². The Bertz CT molecular complexity index is 809. The van der Waals surface area contributed by atoms with E-state index in [2.05, 4.69) is 10.1 Å². The molecular formula is C18H24N4O3. The van der Waals surface area contributed by atoms with E-state index in [9.17, 15) is 9.59 Å². The van der Waals surface area contributed by atoms with Crippen LogP contribution in [0, 0.1) is 6.92 Å². The number of rotatable bonds is 5. The van der Waals surface area contributed by atoms with Crippen molar-refractivity contribution < 1.29 is 9.32 Å². The fourth-order valence-electron chi connectivity index (χ4n) is 3.20. The first-order valence-corrected chi connectivity index (χ1v) is 8.77. The van der Waals surface area contributed by atoms with Crippen LogP contribution < -0.4 is 5.56 Å². The van der Waals surface area contributed by atoms with Crippen LogP contribution in [0.4, 0.5) is 0 Å². The molecule has 7 nitrogen and oxygen atoms in total. The molecule has 0 aliphatic carbocycles. The number of hydrogen-bond acceptors (Lipinski definition) is 5. The van der Waals surface area contributed by atoms with Crippen LogP contribution in [-0.2, 0) is 11.3 Å². The lowest BCUT2D eigenvalue weighted by Gasteiger charge is -2.22. The molecule has 2 aromatic heterocycles. The van der Waals surface area contributed by atoms with Crippen LogP contribution >= 0.6 is 0 Å². The Balaban J connectivity index is 1.69. The second kappa shape index (κ2) is 7.21. The minimum absolute atomic E-state index is 0.0157. The van der Waals surface area contributed by atoms with Crippen molar-refractivity contribution in [2.45, 2.75) is 58.5 Å². The first-order valence-electron chi connectivity index (χ1n) is 8.77. The maximum absolute atomic E-state index is 12.7. The summed E-state index contributed by atoms with van der Waals surface area (Å²) in [5.74, 6) is 1.39. The van der Waals surface area contributed by atoms with Gasteiger partial charge in [0.05, 0.1) is 0 Å².